The van der Waals surface area contributed by atoms with Gasteiger partial charge in [-0.1, -0.05) is 23.9 Å². The Morgan fingerprint density at radius 3 is 2.72 bits per heavy atom. The van der Waals surface area contributed by atoms with Gasteiger partial charge < -0.3 is 14.2 Å². The summed E-state index contributed by atoms with van der Waals surface area (Å²) < 4.78 is 18.5. The van der Waals surface area contributed by atoms with Crippen LogP contribution in [0.15, 0.2) is 58.5 Å². The van der Waals surface area contributed by atoms with E-state index >= 15 is 0 Å². The number of thioether (sulfide) groups is 1. The fourth-order valence-electron chi connectivity index (χ4n) is 3.38. The zero-order chi connectivity index (χ0) is 20.1. The smallest absolute Gasteiger partial charge is 0.262 e. The van der Waals surface area contributed by atoms with Crippen LogP contribution in [-0.2, 0) is 11.3 Å². The Morgan fingerprint density at radius 2 is 1.97 bits per heavy atom. The maximum atomic E-state index is 13.1. The number of para-hydroxylation sites is 1. The molecule has 0 saturated carbocycles. The van der Waals surface area contributed by atoms with E-state index in [0.29, 0.717) is 29.4 Å². The Labute approximate surface area is 173 Å². The zero-order valence-electron chi connectivity index (χ0n) is 16.4. The maximum absolute atomic E-state index is 13.1. The van der Waals surface area contributed by atoms with E-state index in [1.165, 1.54) is 11.8 Å². The predicted octanol–water partition coefficient (Wildman–Crippen LogP) is 3.76. The minimum absolute atomic E-state index is 0.00956. The average Bonchev–Trinajstić information content (AvgIpc) is 3.27. The van der Waals surface area contributed by atoms with Gasteiger partial charge >= 0.3 is 0 Å². The van der Waals surface area contributed by atoms with Gasteiger partial charge in [0.05, 0.1) is 37.3 Å². The van der Waals surface area contributed by atoms with Crippen molar-refractivity contribution in [2.75, 3.05) is 26.1 Å². The van der Waals surface area contributed by atoms with Gasteiger partial charge in [-0.25, -0.2) is 4.98 Å². The Bertz CT molecular complexity index is 1010. The van der Waals surface area contributed by atoms with Gasteiger partial charge in [0.15, 0.2) is 5.16 Å². The first-order chi connectivity index (χ1) is 14.2. The van der Waals surface area contributed by atoms with Crippen molar-refractivity contribution in [1.82, 2.24) is 9.55 Å². The van der Waals surface area contributed by atoms with Crippen LogP contribution in [0, 0.1) is 0 Å². The van der Waals surface area contributed by atoms with E-state index < -0.39 is 0 Å². The molecule has 6 nitrogen and oxygen atoms in total. The molecule has 0 spiro atoms. The lowest BCUT2D eigenvalue weighted by Crippen LogP contribution is -2.29. The summed E-state index contributed by atoms with van der Waals surface area (Å²) in [5.41, 5.74) is 0.712. The molecule has 0 amide bonds. The third-order valence-electron chi connectivity index (χ3n) is 4.88. The first kappa shape index (κ1) is 19.8. The highest BCUT2D eigenvalue weighted by Crippen LogP contribution is 2.22. The Balaban J connectivity index is 1.47. The highest BCUT2D eigenvalue weighted by molar-refractivity contribution is 7.99. The number of rotatable bonds is 8. The molecule has 1 aliphatic rings. The standard InChI is InChI=1S/C22H24N2O4S/c1-26-16-8-10-17(11-9-16)28-13-14-29-22-23-20-7-3-2-6-19(20)21(25)24(22)15-18-5-4-12-27-18/h2-3,6-11,18H,4-5,12-15H2,1H3/t18-/m0/s1. The molecule has 0 unspecified atom stereocenters. The first-order valence-electron chi connectivity index (χ1n) is 9.75. The average molecular weight is 413 g/mol. The Hall–Kier alpha value is -2.51. The summed E-state index contributed by atoms with van der Waals surface area (Å²) in [6.45, 7) is 1.82. The van der Waals surface area contributed by atoms with Crippen molar-refractivity contribution in [2.45, 2.75) is 30.6 Å². The van der Waals surface area contributed by atoms with Crippen LogP contribution in [0.5, 0.6) is 11.5 Å². The predicted molar refractivity (Wildman–Crippen MR) is 114 cm³/mol. The molecule has 1 atom stereocenters. The van der Waals surface area contributed by atoms with Crippen molar-refractivity contribution >= 4 is 22.7 Å². The molecule has 0 N–H and O–H groups in total. The second-order valence-electron chi connectivity index (χ2n) is 6.83. The minimum atomic E-state index is -0.00956. The van der Waals surface area contributed by atoms with Gasteiger partial charge in [0, 0.05) is 12.4 Å². The normalized spacial score (nSPS) is 16.2. The summed E-state index contributed by atoms with van der Waals surface area (Å²) in [5.74, 6) is 2.27. The van der Waals surface area contributed by atoms with Crippen molar-refractivity contribution < 1.29 is 14.2 Å². The third kappa shape index (κ3) is 4.74. The van der Waals surface area contributed by atoms with Crippen LogP contribution in [0.1, 0.15) is 12.8 Å². The molecule has 0 aliphatic carbocycles. The van der Waals surface area contributed by atoms with E-state index in [9.17, 15) is 4.79 Å². The Morgan fingerprint density at radius 1 is 1.17 bits per heavy atom. The van der Waals surface area contributed by atoms with Gasteiger partial charge in [0.2, 0.25) is 0 Å². The molecule has 3 aromatic rings. The SMILES string of the molecule is COc1ccc(OCCSc2nc3ccccc3c(=O)n2C[C@@H]2CCCO2)cc1. The molecule has 7 heteroatoms. The highest BCUT2D eigenvalue weighted by Gasteiger charge is 2.20. The second kappa shape index (κ2) is 9.33. The van der Waals surface area contributed by atoms with E-state index in [1.54, 1.807) is 11.7 Å². The van der Waals surface area contributed by atoms with E-state index in [1.807, 2.05) is 48.5 Å². The van der Waals surface area contributed by atoms with Crippen LogP contribution in [0.3, 0.4) is 0 Å². The van der Waals surface area contributed by atoms with Crippen LogP contribution < -0.4 is 15.0 Å². The molecule has 2 aromatic carbocycles. The lowest BCUT2D eigenvalue weighted by atomic mass is 10.2. The lowest BCUT2D eigenvalue weighted by Gasteiger charge is -2.16. The quantitative estimate of drug-likeness (QED) is 0.319. The second-order valence-corrected chi connectivity index (χ2v) is 7.90. The molecular formula is C22H24N2O4S. The van der Waals surface area contributed by atoms with Gasteiger partial charge in [0.1, 0.15) is 11.5 Å². The molecule has 1 fully saturated rings. The summed E-state index contributed by atoms with van der Waals surface area (Å²) in [5, 5.41) is 1.35. The summed E-state index contributed by atoms with van der Waals surface area (Å²) in [6, 6.07) is 15.0. The molecule has 0 radical (unpaired) electrons. The molecule has 2 heterocycles. The van der Waals surface area contributed by atoms with Gasteiger partial charge in [0.25, 0.3) is 5.56 Å². The van der Waals surface area contributed by atoms with Crippen LogP contribution in [-0.4, -0.2) is 41.7 Å². The van der Waals surface area contributed by atoms with Gasteiger partial charge in [-0.15, -0.1) is 0 Å². The zero-order valence-corrected chi connectivity index (χ0v) is 17.2. The molecule has 29 heavy (non-hydrogen) atoms. The van der Waals surface area contributed by atoms with Crippen molar-refractivity contribution in [1.29, 1.82) is 0 Å². The Kier molecular flexibility index (Phi) is 6.36. The number of nitrogens with zero attached hydrogens (tertiary/aromatic N) is 2. The fraction of sp³-hybridized carbons (Fsp3) is 0.364. The maximum Gasteiger partial charge on any atom is 0.262 e. The van der Waals surface area contributed by atoms with Crippen LogP contribution in [0.4, 0.5) is 0 Å². The third-order valence-corrected chi connectivity index (χ3v) is 5.82. The largest absolute Gasteiger partial charge is 0.497 e. The summed E-state index contributed by atoms with van der Waals surface area (Å²) in [4.78, 5) is 17.8. The number of ether oxygens (including phenoxy) is 3. The first-order valence-corrected chi connectivity index (χ1v) is 10.7. The lowest BCUT2D eigenvalue weighted by molar-refractivity contribution is 0.0937. The van der Waals surface area contributed by atoms with Crippen molar-refractivity contribution in [2.24, 2.45) is 0 Å². The summed E-state index contributed by atoms with van der Waals surface area (Å²) >= 11 is 1.53. The topological polar surface area (TPSA) is 62.6 Å². The molecule has 4 rings (SSSR count). The highest BCUT2D eigenvalue weighted by atomic mass is 32.2. The van der Waals surface area contributed by atoms with Gasteiger partial charge in [-0.3, -0.25) is 9.36 Å². The van der Waals surface area contributed by atoms with Crippen LogP contribution >= 0.6 is 11.8 Å². The molecule has 1 aromatic heterocycles. The number of hydrogen-bond acceptors (Lipinski definition) is 6. The number of aromatic nitrogens is 2. The molecule has 1 saturated heterocycles. The molecule has 1 aliphatic heterocycles. The van der Waals surface area contributed by atoms with Crippen LogP contribution in [0.2, 0.25) is 0 Å². The van der Waals surface area contributed by atoms with Gasteiger partial charge in [-0.2, -0.15) is 0 Å². The summed E-state index contributed by atoms with van der Waals surface area (Å²) in [6.07, 6.45) is 2.09. The molecule has 0 bridgehead atoms. The van der Waals surface area contributed by atoms with E-state index in [0.717, 1.165) is 36.5 Å². The van der Waals surface area contributed by atoms with E-state index in [4.69, 9.17) is 19.2 Å². The van der Waals surface area contributed by atoms with Crippen molar-refractivity contribution in [3.05, 3.63) is 58.9 Å². The molecule has 152 valence electrons. The number of hydrogen-bond donors (Lipinski definition) is 0. The van der Waals surface area contributed by atoms with E-state index in [-0.39, 0.29) is 11.7 Å². The van der Waals surface area contributed by atoms with Gasteiger partial charge in [-0.05, 0) is 49.2 Å². The molecular weight excluding hydrogens is 388 g/mol. The number of methoxy groups -OCH3 is 1. The van der Waals surface area contributed by atoms with Crippen molar-refractivity contribution in [3.63, 3.8) is 0 Å². The van der Waals surface area contributed by atoms with Crippen molar-refractivity contribution in [3.8, 4) is 11.5 Å². The summed E-state index contributed by atoms with van der Waals surface area (Å²) in [7, 11) is 1.64. The fourth-order valence-corrected chi connectivity index (χ4v) is 4.20. The van der Waals surface area contributed by atoms with E-state index in [2.05, 4.69) is 0 Å². The van der Waals surface area contributed by atoms with Crippen LogP contribution in [0.25, 0.3) is 10.9 Å². The monoisotopic (exact) mass is 412 g/mol. The minimum Gasteiger partial charge on any atom is -0.497 e. The number of fused-ring (bicyclic) bond motifs is 1. The number of benzene rings is 2.